The first-order valence-electron chi connectivity index (χ1n) is 11.2. The summed E-state index contributed by atoms with van der Waals surface area (Å²) in [5.74, 6) is -5.13. The predicted octanol–water partition coefficient (Wildman–Crippen LogP) is 5.45. The first kappa shape index (κ1) is 26.8. The van der Waals surface area contributed by atoms with E-state index in [2.05, 4.69) is 10.1 Å². The van der Waals surface area contributed by atoms with Crippen molar-refractivity contribution in [1.82, 2.24) is 14.8 Å². The summed E-state index contributed by atoms with van der Waals surface area (Å²) in [7, 11) is -3.77. The Morgan fingerprint density at radius 2 is 1.71 bits per heavy atom. The van der Waals surface area contributed by atoms with Gasteiger partial charge in [-0.2, -0.15) is 9.40 Å². The molecule has 0 spiro atoms. The molecule has 0 aliphatic heterocycles. The van der Waals surface area contributed by atoms with Gasteiger partial charge in [-0.1, -0.05) is 6.92 Å². The lowest BCUT2D eigenvalue weighted by molar-refractivity contribution is 0.157. The minimum Gasteiger partial charge on any atom is -0.448 e. The monoisotopic (exact) mass is 548 g/mol. The van der Waals surface area contributed by atoms with Gasteiger partial charge < -0.3 is 4.74 Å². The molecular formula is C25H20F4N4O4S. The molecule has 38 heavy (non-hydrogen) atoms. The van der Waals surface area contributed by atoms with Gasteiger partial charge in [0.25, 0.3) is 10.0 Å². The van der Waals surface area contributed by atoms with Crippen LogP contribution in [0.3, 0.4) is 0 Å². The van der Waals surface area contributed by atoms with Gasteiger partial charge in [0.1, 0.15) is 33.7 Å². The van der Waals surface area contributed by atoms with E-state index < -0.39 is 55.5 Å². The fourth-order valence-corrected chi connectivity index (χ4v) is 5.10. The van der Waals surface area contributed by atoms with Crippen LogP contribution >= 0.6 is 0 Å². The van der Waals surface area contributed by atoms with Gasteiger partial charge in [0.15, 0.2) is 5.82 Å². The summed E-state index contributed by atoms with van der Waals surface area (Å²) in [5.41, 5.74) is -1.15. The van der Waals surface area contributed by atoms with Crippen molar-refractivity contribution in [3.63, 3.8) is 0 Å². The smallest absolute Gasteiger partial charge is 0.428 e. The molecule has 8 nitrogen and oxygen atoms in total. The van der Waals surface area contributed by atoms with Crippen molar-refractivity contribution in [2.24, 2.45) is 7.05 Å². The molecule has 0 bridgehead atoms. The number of sulfonamides is 1. The van der Waals surface area contributed by atoms with Gasteiger partial charge in [-0.3, -0.25) is 9.67 Å². The number of rotatable bonds is 7. The molecule has 0 N–H and O–H groups in total. The maximum Gasteiger partial charge on any atom is 0.428 e. The van der Waals surface area contributed by atoms with Crippen molar-refractivity contribution in [1.29, 1.82) is 0 Å². The summed E-state index contributed by atoms with van der Waals surface area (Å²) in [5, 5.41) is 4.14. The summed E-state index contributed by atoms with van der Waals surface area (Å²) in [4.78, 5) is 15.6. The molecule has 0 aliphatic carbocycles. The second kappa shape index (κ2) is 10.6. The van der Waals surface area contributed by atoms with Crippen molar-refractivity contribution < 1.29 is 35.5 Å². The highest BCUT2D eigenvalue weighted by atomic mass is 32.2. The van der Waals surface area contributed by atoms with Gasteiger partial charge in [-0.05, 0) is 54.4 Å². The van der Waals surface area contributed by atoms with Crippen LogP contribution < -0.4 is 4.31 Å². The average Bonchev–Trinajstić information content (AvgIpc) is 3.27. The van der Waals surface area contributed by atoms with Crippen LogP contribution in [0.25, 0.3) is 22.4 Å². The molecule has 2 heterocycles. The molecule has 1 amide bonds. The normalized spacial score (nSPS) is 11.4. The van der Waals surface area contributed by atoms with E-state index in [-0.39, 0.29) is 28.6 Å². The van der Waals surface area contributed by atoms with Gasteiger partial charge in [-0.25, -0.2) is 30.8 Å². The standard InChI is InChI=1S/C25H20F4N4O4S/c1-3-12-37-25(34)33(38(35,36)21-13-16(26)4-5-18(21)27)20-7-6-19(28)22(23(20)29)24-17(14-32(2)31-24)15-8-10-30-11-9-15/h4-11,13-14H,3,12H2,1-2H3. The third-order valence-corrected chi connectivity index (χ3v) is 7.05. The van der Waals surface area contributed by atoms with E-state index in [0.29, 0.717) is 29.8 Å². The number of benzene rings is 2. The van der Waals surface area contributed by atoms with Crippen molar-refractivity contribution in [2.75, 3.05) is 10.9 Å². The van der Waals surface area contributed by atoms with E-state index in [1.54, 1.807) is 19.1 Å². The fourth-order valence-electron chi connectivity index (χ4n) is 3.68. The molecule has 0 unspecified atom stereocenters. The molecule has 2 aromatic carbocycles. The zero-order chi connectivity index (χ0) is 27.6. The molecular weight excluding hydrogens is 528 g/mol. The first-order valence-corrected chi connectivity index (χ1v) is 12.6. The number of carbonyl (C=O) groups excluding carboxylic acids is 1. The predicted molar refractivity (Wildman–Crippen MR) is 129 cm³/mol. The van der Waals surface area contributed by atoms with E-state index >= 15 is 8.78 Å². The SMILES string of the molecule is CCCOC(=O)N(c1ccc(F)c(-c2nn(C)cc2-c2ccncc2)c1F)S(=O)(=O)c1cc(F)ccc1F. The molecule has 13 heteroatoms. The van der Waals surface area contributed by atoms with Gasteiger partial charge in [0.05, 0.1) is 12.2 Å². The van der Waals surface area contributed by atoms with Crippen LogP contribution in [0, 0.1) is 23.3 Å². The number of hydrogen-bond donors (Lipinski definition) is 0. The Balaban J connectivity index is 1.97. The van der Waals surface area contributed by atoms with E-state index in [4.69, 9.17) is 4.74 Å². The summed E-state index contributed by atoms with van der Waals surface area (Å²) in [6, 6.07) is 6.12. The Hall–Kier alpha value is -4.26. The third-order valence-electron chi connectivity index (χ3n) is 5.35. The molecule has 0 atom stereocenters. The molecule has 0 saturated heterocycles. The summed E-state index contributed by atoms with van der Waals surface area (Å²) < 4.78 is 92.5. The third kappa shape index (κ3) is 4.96. The highest BCUT2D eigenvalue weighted by molar-refractivity contribution is 7.93. The Morgan fingerprint density at radius 3 is 2.39 bits per heavy atom. The number of amides is 1. The lowest BCUT2D eigenvalue weighted by atomic mass is 10.0. The van der Waals surface area contributed by atoms with Crippen molar-refractivity contribution in [2.45, 2.75) is 18.2 Å². The zero-order valence-electron chi connectivity index (χ0n) is 20.0. The first-order chi connectivity index (χ1) is 18.1. The van der Waals surface area contributed by atoms with Crippen LogP contribution in [0.1, 0.15) is 13.3 Å². The lowest BCUT2D eigenvalue weighted by Crippen LogP contribution is -2.39. The highest BCUT2D eigenvalue weighted by Gasteiger charge is 2.38. The van der Waals surface area contributed by atoms with Crippen LogP contribution in [-0.2, 0) is 21.8 Å². The Morgan fingerprint density at radius 1 is 1.03 bits per heavy atom. The average molecular weight is 549 g/mol. The number of nitrogens with zero attached hydrogens (tertiary/aromatic N) is 4. The van der Waals surface area contributed by atoms with Crippen molar-refractivity contribution in [3.05, 3.63) is 84.3 Å². The van der Waals surface area contributed by atoms with Crippen molar-refractivity contribution >= 4 is 21.8 Å². The molecule has 198 valence electrons. The molecule has 2 aromatic heterocycles. The van der Waals surface area contributed by atoms with E-state index in [1.165, 1.54) is 30.3 Å². The molecule has 0 fully saturated rings. The minimum atomic E-state index is -5.28. The Labute approximate surface area is 215 Å². The molecule has 0 radical (unpaired) electrons. The molecule has 0 aliphatic rings. The number of halogens is 4. The summed E-state index contributed by atoms with van der Waals surface area (Å²) in [6.07, 6.45) is 3.08. The Bertz CT molecular complexity index is 1610. The number of hydrogen-bond acceptors (Lipinski definition) is 6. The summed E-state index contributed by atoms with van der Waals surface area (Å²) >= 11 is 0. The van der Waals surface area contributed by atoms with E-state index in [9.17, 15) is 22.0 Å². The van der Waals surface area contributed by atoms with Gasteiger partial charge in [-0.15, -0.1) is 0 Å². The maximum atomic E-state index is 16.1. The number of anilines is 1. The van der Waals surface area contributed by atoms with Gasteiger partial charge >= 0.3 is 6.09 Å². The zero-order valence-corrected chi connectivity index (χ0v) is 20.8. The van der Waals surface area contributed by atoms with Gasteiger partial charge in [0, 0.05) is 31.2 Å². The van der Waals surface area contributed by atoms with Crippen LogP contribution in [-0.4, -0.2) is 35.9 Å². The highest BCUT2D eigenvalue weighted by Crippen LogP contribution is 2.39. The topological polar surface area (TPSA) is 94.4 Å². The number of carbonyl (C=O) groups is 1. The molecule has 4 aromatic rings. The molecule has 4 rings (SSSR count). The van der Waals surface area contributed by atoms with Crippen LogP contribution in [0.4, 0.5) is 28.0 Å². The second-order valence-corrected chi connectivity index (χ2v) is 9.77. The number of pyridine rings is 1. The summed E-state index contributed by atoms with van der Waals surface area (Å²) in [6.45, 7) is 1.36. The Kier molecular flexibility index (Phi) is 7.49. The fraction of sp³-hybridized carbons (Fsp3) is 0.160. The number of ether oxygens (including phenoxy) is 1. The van der Waals surface area contributed by atoms with E-state index in [1.807, 2.05) is 0 Å². The molecule has 0 saturated carbocycles. The number of aromatic nitrogens is 3. The van der Waals surface area contributed by atoms with E-state index in [0.717, 1.165) is 6.07 Å². The second-order valence-electron chi connectivity index (χ2n) is 8.01. The van der Waals surface area contributed by atoms with Crippen LogP contribution in [0.5, 0.6) is 0 Å². The largest absolute Gasteiger partial charge is 0.448 e. The van der Waals surface area contributed by atoms with Crippen molar-refractivity contribution in [3.8, 4) is 22.4 Å². The number of aryl methyl sites for hydroxylation is 1. The van der Waals surface area contributed by atoms with Crippen LogP contribution in [0.2, 0.25) is 0 Å². The lowest BCUT2D eigenvalue weighted by Gasteiger charge is -2.23. The van der Waals surface area contributed by atoms with Gasteiger partial charge in [0.2, 0.25) is 0 Å². The quantitative estimate of drug-likeness (QED) is 0.285. The van der Waals surface area contributed by atoms with Crippen LogP contribution in [0.15, 0.2) is 66.0 Å². The minimum absolute atomic E-state index is 0.159. The maximum absolute atomic E-state index is 16.1.